The molecule has 2 N–H and O–H groups in total. The van der Waals surface area contributed by atoms with Gasteiger partial charge in [0.25, 0.3) is 11.7 Å². The van der Waals surface area contributed by atoms with E-state index in [0.29, 0.717) is 22.1 Å². The number of phenolic OH excluding ortho intramolecular Hbond substituents is 1. The first-order chi connectivity index (χ1) is 14.9. The van der Waals surface area contributed by atoms with Crippen molar-refractivity contribution in [3.05, 3.63) is 88.3 Å². The van der Waals surface area contributed by atoms with Gasteiger partial charge >= 0.3 is 0 Å². The minimum Gasteiger partial charge on any atom is -0.508 e. The lowest BCUT2D eigenvalue weighted by molar-refractivity contribution is -0.140. The van der Waals surface area contributed by atoms with Crippen molar-refractivity contribution in [2.24, 2.45) is 0 Å². The van der Waals surface area contributed by atoms with Gasteiger partial charge in [-0.25, -0.2) is 0 Å². The first-order valence-corrected chi connectivity index (χ1v) is 9.72. The summed E-state index contributed by atoms with van der Waals surface area (Å²) >= 11 is 6.09. The lowest BCUT2D eigenvalue weighted by Crippen LogP contribution is -2.29. The molecule has 7 nitrogen and oxygen atoms in total. The number of aromatic hydroxyl groups is 1. The molecule has 1 fully saturated rings. The second-order valence-corrected chi connectivity index (χ2v) is 7.38. The van der Waals surface area contributed by atoms with E-state index in [2.05, 4.69) is 0 Å². The van der Waals surface area contributed by atoms with E-state index in [4.69, 9.17) is 20.8 Å². The van der Waals surface area contributed by atoms with Crippen LogP contribution in [0.3, 0.4) is 0 Å². The Kier molecular flexibility index (Phi) is 5.44. The Labute approximate surface area is 182 Å². The second kappa shape index (κ2) is 8.20. The topological polar surface area (TPSA) is 100 Å². The number of carbonyl (C=O) groups is 2. The van der Waals surface area contributed by atoms with E-state index >= 15 is 0 Å². The van der Waals surface area contributed by atoms with Gasteiger partial charge in [0.05, 0.1) is 37.1 Å². The molecule has 1 unspecified atom stereocenters. The van der Waals surface area contributed by atoms with Crippen LogP contribution in [0.15, 0.2) is 70.9 Å². The van der Waals surface area contributed by atoms with E-state index in [1.54, 1.807) is 36.4 Å². The summed E-state index contributed by atoms with van der Waals surface area (Å²) in [6, 6.07) is 13.1. The van der Waals surface area contributed by atoms with E-state index in [0.717, 1.165) is 0 Å². The molecule has 1 atom stereocenters. The number of amides is 1. The molecular formula is C23H18ClNO6. The predicted molar refractivity (Wildman–Crippen MR) is 113 cm³/mol. The van der Waals surface area contributed by atoms with Crippen LogP contribution in [-0.2, 0) is 16.1 Å². The molecule has 31 heavy (non-hydrogen) atoms. The zero-order chi connectivity index (χ0) is 22.1. The average molecular weight is 440 g/mol. The Balaban J connectivity index is 1.91. The standard InChI is InChI=1S/C23H18ClNO6/c1-30-18-9-6-14(24)11-17(18)21(27)19-20(13-4-7-15(26)8-5-13)25(23(29)22(19)28)12-16-3-2-10-31-16/h2-11,20,26-27H,12H2,1H3/b21-19+. The quantitative estimate of drug-likeness (QED) is 0.350. The van der Waals surface area contributed by atoms with Crippen molar-refractivity contribution in [1.82, 2.24) is 4.90 Å². The molecule has 8 heteroatoms. The summed E-state index contributed by atoms with van der Waals surface area (Å²) in [5.74, 6) is -1.23. The van der Waals surface area contributed by atoms with Crippen molar-refractivity contribution in [3.63, 3.8) is 0 Å². The van der Waals surface area contributed by atoms with E-state index in [-0.39, 0.29) is 23.4 Å². The Bertz CT molecular complexity index is 1170. The van der Waals surface area contributed by atoms with Crippen LogP contribution in [0, 0.1) is 0 Å². The Morgan fingerprint density at radius 1 is 1.16 bits per heavy atom. The minimum absolute atomic E-state index is 0.0204. The van der Waals surface area contributed by atoms with Crippen LogP contribution in [0.2, 0.25) is 5.02 Å². The first-order valence-electron chi connectivity index (χ1n) is 9.34. The normalized spacial score (nSPS) is 17.9. The Hall–Kier alpha value is -3.71. The second-order valence-electron chi connectivity index (χ2n) is 6.94. The van der Waals surface area contributed by atoms with Gasteiger partial charge in [0.15, 0.2) is 0 Å². The number of aliphatic hydroxyl groups excluding tert-OH is 1. The fourth-order valence-corrected chi connectivity index (χ4v) is 3.80. The summed E-state index contributed by atoms with van der Waals surface area (Å²) in [6.45, 7) is 0.0204. The third-order valence-corrected chi connectivity index (χ3v) is 5.31. The number of benzene rings is 2. The van der Waals surface area contributed by atoms with E-state index < -0.39 is 23.5 Å². The van der Waals surface area contributed by atoms with E-state index in [1.807, 2.05) is 0 Å². The smallest absolute Gasteiger partial charge is 0.296 e. The number of aliphatic hydroxyl groups is 1. The number of halogens is 1. The maximum absolute atomic E-state index is 13.0. The number of methoxy groups -OCH3 is 1. The number of rotatable bonds is 5. The third-order valence-electron chi connectivity index (χ3n) is 5.07. The van der Waals surface area contributed by atoms with Gasteiger partial charge in [-0.15, -0.1) is 0 Å². The number of ether oxygens (including phenoxy) is 1. The lowest BCUT2D eigenvalue weighted by atomic mass is 9.95. The number of carbonyl (C=O) groups excluding carboxylic acids is 2. The summed E-state index contributed by atoms with van der Waals surface area (Å²) in [7, 11) is 1.42. The molecular weight excluding hydrogens is 422 g/mol. The first kappa shape index (κ1) is 20.6. The molecule has 1 saturated heterocycles. The minimum atomic E-state index is -0.908. The summed E-state index contributed by atoms with van der Waals surface area (Å²) in [4.78, 5) is 27.3. The lowest BCUT2D eigenvalue weighted by Gasteiger charge is -2.24. The molecule has 1 amide bonds. The number of hydrogen-bond donors (Lipinski definition) is 2. The molecule has 0 spiro atoms. The average Bonchev–Trinajstić information content (AvgIpc) is 3.36. The van der Waals surface area contributed by atoms with Crippen LogP contribution in [0.5, 0.6) is 11.5 Å². The highest BCUT2D eigenvalue weighted by atomic mass is 35.5. The van der Waals surface area contributed by atoms with Crippen LogP contribution in [0.25, 0.3) is 5.76 Å². The molecule has 1 aromatic heterocycles. The van der Waals surface area contributed by atoms with Crippen molar-refractivity contribution in [3.8, 4) is 11.5 Å². The summed E-state index contributed by atoms with van der Waals surface area (Å²) in [5, 5.41) is 21.1. The van der Waals surface area contributed by atoms with Gasteiger partial charge in [0, 0.05) is 5.02 Å². The van der Waals surface area contributed by atoms with Crippen molar-refractivity contribution >= 4 is 29.1 Å². The van der Waals surface area contributed by atoms with Gasteiger partial charge in [-0.2, -0.15) is 0 Å². The van der Waals surface area contributed by atoms with E-state index in [9.17, 15) is 19.8 Å². The number of phenols is 1. The molecule has 0 aliphatic carbocycles. The number of likely N-dealkylation sites (tertiary alicyclic amines) is 1. The number of hydrogen-bond acceptors (Lipinski definition) is 6. The van der Waals surface area contributed by atoms with Crippen molar-refractivity contribution in [1.29, 1.82) is 0 Å². The fraction of sp³-hybridized carbons (Fsp3) is 0.130. The van der Waals surface area contributed by atoms with Crippen molar-refractivity contribution in [2.75, 3.05) is 7.11 Å². The highest BCUT2D eigenvalue weighted by Gasteiger charge is 2.46. The molecule has 1 aliphatic rings. The predicted octanol–water partition coefficient (Wildman–Crippen LogP) is 4.27. The molecule has 2 heterocycles. The number of nitrogens with zero attached hydrogens (tertiary/aromatic N) is 1. The van der Waals surface area contributed by atoms with E-state index in [1.165, 1.54) is 36.5 Å². The summed E-state index contributed by atoms with van der Waals surface area (Å²) in [5.41, 5.74) is 0.615. The number of ketones is 1. The van der Waals surface area contributed by atoms with Gasteiger partial charge in [0.2, 0.25) is 0 Å². The Morgan fingerprint density at radius 2 is 1.90 bits per heavy atom. The highest BCUT2D eigenvalue weighted by molar-refractivity contribution is 6.46. The Morgan fingerprint density at radius 3 is 2.55 bits per heavy atom. The molecule has 0 bridgehead atoms. The zero-order valence-electron chi connectivity index (χ0n) is 16.4. The van der Waals surface area contributed by atoms with Crippen molar-refractivity contribution < 1.29 is 29.0 Å². The number of furan rings is 1. The highest BCUT2D eigenvalue weighted by Crippen LogP contribution is 2.42. The fourth-order valence-electron chi connectivity index (χ4n) is 3.63. The molecule has 1 aliphatic heterocycles. The largest absolute Gasteiger partial charge is 0.508 e. The van der Waals surface area contributed by atoms with Crippen molar-refractivity contribution in [2.45, 2.75) is 12.6 Å². The van der Waals surface area contributed by atoms with Crippen LogP contribution < -0.4 is 4.74 Å². The van der Waals surface area contributed by atoms with Crippen LogP contribution >= 0.6 is 11.6 Å². The van der Waals surface area contributed by atoms with Gasteiger partial charge in [-0.3, -0.25) is 9.59 Å². The SMILES string of the molecule is COc1ccc(Cl)cc1/C(O)=C1\C(=O)C(=O)N(Cc2ccco2)C1c1ccc(O)cc1. The molecule has 3 aromatic rings. The maximum Gasteiger partial charge on any atom is 0.296 e. The third kappa shape index (κ3) is 3.75. The zero-order valence-corrected chi connectivity index (χ0v) is 17.2. The van der Waals surface area contributed by atoms with Crippen LogP contribution in [0.4, 0.5) is 0 Å². The molecule has 0 radical (unpaired) electrons. The maximum atomic E-state index is 13.0. The number of Topliss-reactive ketones (excluding diaryl/α,β-unsaturated/α-hetero) is 1. The summed E-state index contributed by atoms with van der Waals surface area (Å²) < 4.78 is 10.7. The molecule has 4 rings (SSSR count). The molecule has 158 valence electrons. The van der Waals surface area contributed by atoms with Crippen LogP contribution in [0.1, 0.15) is 22.9 Å². The van der Waals surface area contributed by atoms with Gasteiger partial charge in [0.1, 0.15) is 23.0 Å². The van der Waals surface area contributed by atoms with Gasteiger partial charge < -0.3 is 24.3 Å². The molecule has 0 saturated carbocycles. The van der Waals surface area contributed by atoms with Crippen LogP contribution in [-0.4, -0.2) is 33.9 Å². The summed E-state index contributed by atoms with van der Waals surface area (Å²) in [6.07, 6.45) is 1.47. The monoisotopic (exact) mass is 439 g/mol. The molecule has 2 aromatic carbocycles. The van der Waals surface area contributed by atoms with Gasteiger partial charge in [-0.05, 0) is 48.0 Å². The van der Waals surface area contributed by atoms with Gasteiger partial charge in [-0.1, -0.05) is 23.7 Å².